The van der Waals surface area contributed by atoms with E-state index < -0.39 is 5.82 Å². The van der Waals surface area contributed by atoms with Crippen LogP contribution in [0.2, 0.25) is 5.02 Å². The van der Waals surface area contributed by atoms with Crippen LogP contribution in [0.4, 0.5) is 4.39 Å². The van der Waals surface area contributed by atoms with Crippen molar-refractivity contribution in [2.45, 2.75) is 6.61 Å². The first-order valence-corrected chi connectivity index (χ1v) is 8.54. The molecule has 0 spiro atoms. The lowest BCUT2D eigenvalue weighted by Gasteiger charge is -2.09. The molecule has 0 atom stereocenters. The van der Waals surface area contributed by atoms with Gasteiger partial charge in [0.25, 0.3) is 5.91 Å². The van der Waals surface area contributed by atoms with Gasteiger partial charge in [0.1, 0.15) is 22.5 Å². The van der Waals surface area contributed by atoms with E-state index in [4.69, 9.17) is 28.6 Å². The highest BCUT2D eigenvalue weighted by atomic mass is 35.5. The van der Waals surface area contributed by atoms with Gasteiger partial charge < -0.3 is 10.1 Å². The van der Waals surface area contributed by atoms with Crippen molar-refractivity contribution < 1.29 is 13.9 Å². The van der Waals surface area contributed by atoms with Gasteiger partial charge in [0, 0.05) is 5.56 Å². The number of carbonyl (C=O) groups is 1. The van der Waals surface area contributed by atoms with Gasteiger partial charge in [-0.05, 0) is 35.9 Å². The average Bonchev–Trinajstić information content (AvgIpc) is 2.85. The van der Waals surface area contributed by atoms with E-state index in [1.54, 1.807) is 36.4 Å². The van der Waals surface area contributed by atoms with Gasteiger partial charge in [0.2, 0.25) is 0 Å². The van der Waals surface area contributed by atoms with Crippen LogP contribution < -0.4 is 10.1 Å². The number of halogens is 2. The minimum Gasteiger partial charge on any atom is -0.489 e. The summed E-state index contributed by atoms with van der Waals surface area (Å²) in [6, 6.07) is 11.6. The Morgan fingerprint density at radius 3 is 2.79 bits per heavy atom. The highest BCUT2D eigenvalue weighted by Gasteiger charge is 2.21. The molecular weight excluding hydrogens is 369 g/mol. The fourth-order valence-corrected chi connectivity index (χ4v) is 3.35. The standard InChI is InChI=1S/C17H11ClFNO2S2/c18-13-5-2-6-14(19)12(13)9-22-11-4-1-3-10(7-11)8-15-16(21)20-17(23)24-15/h1-8H,9H2,(H,20,21,23)/b15-8-. The molecule has 1 fully saturated rings. The Balaban J connectivity index is 1.75. The second-order valence-corrected chi connectivity index (χ2v) is 7.04. The average molecular weight is 380 g/mol. The third-order valence-electron chi connectivity index (χ3n) is 3.24. The van der Waals surface area contributed by atoms with E-state index in [1.165, 1.54) is 17.8 Å². The van der Waals surface area contributed by atoms with Crippen molar-refractivity contribution in [1.29, 1.82) is 0 Å². The number of ether oxygens (including phenoxy) is 1. The third kappa shape index (κ3) is 3.95. The highest BCUT2D eigenvalue weighted by Crippen LogP contribution is 2.27. The first-order chi connectivity index (χ1) is 11.5. The molecule has 2 aromatic carbocycles. The van der Waals surface area contributed by atoms with Gasteiger partial charge in [0.05, 0.1) is 9.93 Å². The molecule has 0 bridgehead atoms. The van der Waals surface area contributed by atoms with Crippen LogP contribution in [0.25, 0.3) is 6.08 Å². The largest absolute Gasteiger partial charge is 0.489 e. The van der Waals surface area contributed by atoms with E-state index in [0.717, 1.165) is 5.56 Å². The molecule has 1 aliphatic rings. The van der Waals surface area contributed by atoms with Crippen LogP contribution >= 0.6 is 35.6 Å². The quantitative estimate of drug-likeness (QED) is 0.625. The summed E-state index contributed by atoms with van der Waals surface area (Å²) in [6.45, 7) is 0.0187. The van der Waals surface area contributed by atoms with E-state index >= 15 is 0 Å². The number of nitrogens with one attached hydrogen (secondary N) is 1. The predicted molar refractivity (Wildman–Crippen MR) is 98.5 cm³/mol. The smallest absolute Gasteiger partial charge is 0.263 e. The second-order valence-electron chi connectivity index (χ2n) is 4.91. The van der Waals surface area contributed by atoms with E-state index in [9.17, 15) is 9.18 Å². The summed E-state index contributed by atoms with van der Waals surface area (Å²) in [6.07, 6.45) is 1.72. The van der Waals surface area contributed by atoms with Gasteiger partial charge in [0.15, 0.2) is 0 Å². The lowest BCUT2D eigenvalue weighted by atomic mass is 10.2. The molecule has 1 amide bonds. The van der Waals surface area contributed by atoms with E-state index in [2.05, 4.69) is 5.32 Å². The first kappa shape index (κ1) is 17.0. The molecule has 1 saturated heterocycles. The van der Waals surface area contributed by atoms with Gasteiger partial charge in [-0.1, -0.05) is 53.8 Å². The molecule has 0 unspecified atom stereocenters. The summed E-state index contributed by atoms with van der Waals surface area (Å²) in [7, 11) is 0. The number of thioether (sulfide) groups is 1. The molecule has 3 nitrogen and oxygen atoms in total. The van der Waals surface area contributed by atoms with E-state index in [1.807, 2.05) is 6.07 Å². The highest BCUT2D eigenvalue weighted by molar-refractivity contribution is 8.26. The number of hydrogen-bond acceptors (Lipinski definition) is 4. The maximum atomic E-state index is 13.7. The van der Waals surface area contributed by atoms with Crippen LogP contribution in [-0.2, 0) is 11.4 Å². The summed E-state index contributed by atoms with van der Waals surface area (Å²) >= 11 is 12.1. The van der Waals surface area contributed by atoms with Crippen molar-refractivity contribution in [2.24, 2.45) is 0 Å². The zero-order valence-electron chi connectivity index (χ0n) is 12.2. The first-order valence-electron chi connectivity index (χ1n) is 6.93. The van der Waals surface area contributed by atoms with Crippen molar-refractivity contribution in [3.8, 4) is 5.75 Å². The molecule has 1 N–H and O–H groups in total. The van der Waals surface area contributed by atoms with E-state index in [0.29, 0.717) is 25.6 Å². The molecule has 1 heterocycles. The molecule has 2 aromatic rings. The van der Waals surface area contributed by atoms with Crippen molar-refractivity contribution in [2.75, 3.05) is 0 Å². The molecule has 24 heavy (non-hydrogen) atoms. The van der Waals surface area contributed by atoms with Gasteiger partial charge in [-0.3, -0.25) is 4.79 Å². The topological polar surface area (TPSA) is 38.3 Å². The Bertz CT molecular complexity index is 834. The lowest BCUT2D eigenvalue weighted by Crippen LogP contribution is -2.17. The summed E-state index contributed by atoms with van der Waals surface area (Å²) in [5, 5.41) is 2.88. The number of benzene rings is 2. The van der Waals surface area contributed by atoms with Crippen LogP contribution in [0.15, 0.2) is 47.4 Å². The maximum Gasteiger partial charge on any atom is 0.263 e. The fourth-order valence-electron chi connectivity index (χ4n) is 2.09. The minimum atomic E-state index is -0.409. The Morgan fingerprint density at radius 2 is 2.08 bits per heavy atom. The van der Waals surface area contributed by atoms with Crippen LogP contribution in [-0.4, -0.2) is 10.2 Å². The SMILES string of the molecule is O=C1NC(=S)S/C1=C\c1cccc(OCc2c(F)cccc2Cl)c1. The summed E-state index contributed by atoms with van der Waals surface area (Å²) in [4.78, 5) is 12.2. The van der Waals surface area contributed by atoms with Crippen LogP contribution in [0.1, 0.15) is 11.1 Å². The maximum absolute atomic E-state index is 13.7. The number of carbonyl (C=O) groups excluding carboxylic acids is 1. The molecule has 1 aliphatic heterocycles. The van der Waals surface area contributed by atoms with Crippen LogP contribution in [0.5, 0.6) is 5.75 Å². The minimum absolute atomic E-state index is 0.0187. The van der Waals surface area contributed by atoms with Gasteiger partial charge >= 0.3 is 0 Å². The van der Waals surface area contributed by atoms with Crippen LogP contribution in [0, 0.1) is 5.82 Å². The molecule has 122 valence electrons. The molecule has 0 aliphatic carbocycles. The Kier molecular flexibility index (Phi) is 5.18. The fraction of sp³-hybridized carbons (Fsp3) is 0.0588. The summed E-state index contributed by atoms with van der Waals surface area (Å²) < 4.78 is 19.8. The normalized spacial score (nSPS) is 15.7. The number of rotatable bonds is 4. The zero-order valence-corrected chi connectivity index (χ0v) is 14.6. The molecule has 3 rings (SSSR count). The molecule has 7 heteroatoms. The van der Waals surface area contributed by atoms with Crippen molar-refractivity contribution in [1.82, 2.24) is 5.32 Å². The Hall–Kier alpha value is -1.89. The Labute approximate surface area is 152 Å². The Morgan fingerprint density at radius 1 is 1.29 bits per heavy atom. The van der Waals surface area contributed by atoms with Gasteiger partial charge in [-0.2, -0.15) is 0 Å². The summed E-state index contributed by atoms with van der Waals surface area (Å²) in [5.41, 5.74) is 1.09. The molecule has 0 radical (unpaired) electrons. The number of amides is 1. The van der Waals surface area contributed by atoms with Crippen LogP contribution in [0.3, 0.4) is 0 Å². The molecular formula is C17H11ClFNO2S2. The monoisotopic (exact) mass is 379 g/mol. The third-order valence-corrected chi connectivity index (χ3v) is 4.76. The van der Waals surface area contributed by atoms with Gasteiger partial charge in [-0.15, -0.1) is 0 Å². The predicted octanol–water partition coefficient (Wildman–Crippen LogP) is 4.55. The van der Waals surface area contributed by atoms with E-state index in [-0.39, 0.29) is 12.5 Å². The van der Waals surface area contributed by atoms with Crippen molar-refractivity contribution in [3.63, 3.8) is 0 Å². The van der Waals surface area contributed by atoms with Crippen molar-refractivity contribution in [3.05, 3.63) is 69.3 Å². The lowest BCUT2D eigenvalue weighted by molar-refractivity contribution is -0.115. The van der Waals surface area contributed by atoms with Crippen molar-refractivity contribution >= 4 is 51.9 Å². The molecule has 0 saturated carbocycles. The van der Waals surface area contributed by atoms with Gasteiger partial charge in [-0.25, -0.2) is 4.39 Å². The number of hydrogen-bond donors (Lipinski definition) is 1. The molecule has 0 aromatic heterocycles. The number of thiocarbonyl (C=S) groups is 1. The zero-order chi connectivity index (χ0) is 17.1. The summed E-state index contributed by atoms with van der Waals surface area (Å²) in [5.74, 6) is -0.0718. The second kappa shape index (κ2) is 7.34.